The summed E-state index contributed by atoms with van der Waals surface area (Å²) in [4.78, 5) is -0.161. The van der Waals surface area contributed by atoms with Crippen LogP contribution >= 0.6 is 10.7 Å². The molecule has 48 heavy (non-hydrogen) atoms. The molecule has 0 atom stereocenters. The lowest BCUT2D eigenvalue weighted by molar-refractivity contribution is -0.143. The van der Waals surface area contributed by atoms with E-state index in [4.69, 9.17) is 10.7 Å². The van der Waals surface area contributed by atoms with Crippen molar-refractivity contribution < 1.29 is 34.8 Å². The molecule has 248 valence electrons. The molecule has 0 saturated heterocycles. The zero-order valence-electron chi connectivity index (χ0n) is 25.1. The van der Waals surface area contributed by atoms with Crippen molar-refractivity contribution in [3.63, 3.8) is 0 Å². The SMILES string of the molecule is Cc1ccc(-c2cc(C(F)(F)F)n(-c3ccccc3)n2)cc1.Cc1ccc(-c2cc(C(F)(F)F)nn2-c2ccccc2)cc1S(=O)(=O)Cl. The Morgan fingerprint density at radius 1 is 0.625 bits per heavy atom. The Morgan fingerprint density at radius 3 is 1.69 bits per heavy atom. The molecule has 0 radical (unpaired) electrons. The summed E-state index contributed by atoms with van der Waals surface area (Å²) in [5.41, 5.74) is 1.69. The van der Waals surface area contributed by atoms with Crippen LogP contribution in [0.4, 0.5) is 26.3 Å². The molecular weight excluding hydrogens is 678 g/mol. The molecule has 2 heterocycles. The number of para-hydroxylation sites is 2. The first-order valence-electron chi connectivity index (χ1n) is 14.1. The number of hydrogen-bond donors (Lipinski definition) is 0. The zero-order valence-corrected chi connectivity index (χ0v) is 26.7. The quantitative estimate of drug-likeness (QED) is 0.133. The summed E-state index contributed by atoms with van der Waals surface area (Å²) in [6.45, 7) is 3.47. The second-order valence-electron chi connectivity index (χ2n) is 10.6. The predicted octanol–water partition coefficient (Wildman–Crippen LogP) is 9.66. The molecule has 0 fully saturated rings. The molecule has 0 aliphatic heterocycles. The number of aryl methyl sites for hydroxylation is 2. The number of aromatic nitrogens is 4. The van der Waals surface area contributed by atoms with Gasteiger partial charge in [0, 0.05) is 21.8 Å². The van der Waals surface area contributed by atoms with Crippen LogP contribution in [0.3, 0.4) is 0 Å². The van der Waals surface area contributed by atoms with Crippen molar-refractivity contribution in [3.05, 3.63) is 138 Å². The Kier molecular flexibility index (Phi) is 9.56. The van der Waals surface area contributed by atoms with E-state index >= 15 is 0 Å². The molecule has 0 saturated carbocycles. The molecular formula is C34H25ClF6N4O2S. The third-order valence-electron chi connectivity index (χ3n) is 7.10. The molecule has 6 nitrogen and oxygen atoms in total. The van der Waals surface area contributed by atoms with Crippen molar-refractivity contribution in [1.82, 2.24) is 19.6 Å². The third kappa shape index (κ3) is 7.80. The minimum Gasteiger partial charge on any atom is -0.233 e. The standard InChI is InChI=1S/C17H12ClF3N2O2S.C17H13F3N2/c1-11-7-8-12(9-15(11)26(18,24)25)14-10-16(17(19,20)21)22-23(14)13-5-3-2-4-6-13;1-12-7-9-13(10-8-12)15-11-16(17(18,19)20)22(21-15)14-5-3-2-4-6-14/h2-10H,1H3;2-11H,1H3. The first-order chi connectivity index (χ1) is 22.5. The first-order valence-corrected chi connectivity index (χ1v) is 16.4. The van der Waals surface area contributed by atoms with Crippen LogP contribution in [0.5, 0.6) is 0 Å². The largest absolute Gasteiger partial charge is 0.435 e. The van der Waals surface area contributed by atoms with E-state index in [2.05, 4.69) is 10.2 Å². The van der Waals surface area contributed by atoms with E-state index in [-0.39, 0.29) is 16.2 Å². The van der Waals surface area contributed by atoms with Crippen molar-refractivity contribution >= 4 is 19.7 Å². The smallest absolute Gasteiger partial charge is 0.233 e. The van der Waals surface area contributed by atoms with Gasteiger partial charge in [0.05, 0.1) is 27.7 Å². The van der Waals surface area contributed by atoms with Gasteiger partial charge in [-0.1, -0.05) is 78.4 Å². The fraction of sp³-hybridized carbons (Fsp3) is 0.118. The first kappa shape index (κ1) is 34.5. The Bertz CT molecular complexity index is 2140. The highest BCUT2D eigenvalue weighted by molar-refractivity contribution is 8.13. The van der Waals surface area contributed by atoms with Gasteiger partial charge in [-0.05, 0) is 61.9 Å². The van der Waals surface area contributed by atoms with Crippen molar-refractivity contribution in [2.24, 2.45) is 0 Å². The number of nitrogens with zero attached hydrogens (tertiary/aromatic N) is 4. The summed E-state index contributed by atoms with van der Waals surface area (Å²) >= 11 is 0. The molecule has 0 unspecified atom stereocenters. The molecule has 0 aliphatic carbocycles. The lowest BCUT2D eigenvalue weighted by Gasteiger charge is -2.09. The van der Waals surface area contributed by atoms with Crippen LogP contribution in [-0.4, -0.2) is 28.0 Å². The Balaban J connectivity index is 0.000000190. The van der Waals surface area contributed by atoms with Crippen LogP contribution in [0, 0.1) is 13.8 Å². The Hall–Kier alpha value is -4.88. The summed E-state index contributed by atoms with van der Waals surface area (Å²) in [5.74, 6) is 0. The van der Waals surface area contributed by atoms with Gasteiger partial charge in [0.2, 0.25) is 0 Å². The molecule has 14 heteroatoms. The fourth-order valence-corrected chi connectivity index (χ4v) is 5.95. The van der Waals surface area contributed by atoms with Crippen LogP contribution in [0.2, 0.25) is 0 Å². The fourth-order valence-electron chi connectivity index (χ4n) is 4.73. The maximum atomic E-state index is 13.3. The number of hydrogen-bond acceptors (Lipinski definition) is 4. The third-order valence-corrected chi connectivity index (χ3v) is 8.56. The summed E-state index contributed by atoms with van der Waals surface area (Å²) in [6, 6.07) is 30.0. The van der Waals surface area contributed by atoms with Crippen molar-refractivity contribution in [2.45, 2.75) is 31.1 Å². The number of halogens is 7. The van der Waals surface area contributed by atoms with E-state index < -0.39 is 32.8 Å². The molecule has 0 spiro atoms. The zero-order chi connectivity index (χ0) is 34.9. The highest BCUT2D eigenvalue weighted by Gasteiger charge is 2.37. The average Bonchev–Trinajstić information content (AvgIpc) is 3.69. The summed E-state index contributed by atoms with van der Waals surface area (Å²) in [6.07, 6.45) is -9.10. The molecule has 6 aromatic rings. The van der Waals surface area contributed by atoms with Gasteiger partial charge in [0.25, 0.3) is 9.05 Å². The predicted molar refractivity (Wildman–Crippen MR) is 171 cm³/mol. The van der Waals surface area contributed by atoms with Gasteiger partial charge in [-0.2, -0.15) is 36.5 Å². The molecule has 0 aliphatic rings. The maximum absolute atomic E-state index is 13.3. The van der Waals surface area contributed by atoms with Crippen LogP contribution in [-0.2, 0) is 21.4 Å². The van der Waals surface area contributed by atoms with Crippen molar-refractivity contribution in [2.75, 3.05) is 0 Å². The van der Waals surface area contributed by atoms with Crippen LogP contribution in [0.25, 0.3) is 33.9 Å². The molecule has 0 N–H and O–H groups in total. The van der Waals surface area contributed by atoms with Crippen molar-refractivity contribution in [1.29, 1.82) is 0 Å². The second-order valence-corrected chi connectivity index (χ2v) is 13.1. The van der Waals surface area contributed by atoms with Gasteiger partial charge >= 0.3 is 12.4 Å². The van der Waals surface area contributed by atoms with Gasteiger partial charge in [-0.15, -0.1) is 0 Å². The average molecular weight is 703 g/mol. The lowest BCUT2D eigenvalue weighted by Crippen LogP contribution is -2.13. The van der Waals surface area contributed by atoms with Crippen LogP contribution in [0.1, 0.15) is 22.5 Å². The van der Waals surface area contributed by atoms with Gasteiger partial charge in [-0.3, -0.25) is 0 Å². The van der Waals surface area contributed by atoms with Gasteiger partial charge in [0.1, 0.15) is 5.69 Å². The van der Waals surface area contributed by atoms with E-state index in [1.807, 2.05) is 19.1 Å². The van der Waals surface area contributed by atoms with E-state index in [0.29, 0.717) is 28.2 Å². The summed E-state index contributed by atoms with van der Waals surface area (Å²) < 4.78 is 105. The topological polar surface area (TPSA) is 69.8 Å². The van der Waals surface area contributed by atoms with E-state index in [1.54, 1.807) is 79.7 Å². The van der Waals surface area contributed by atoms with Crippen LogP contribution < -0.4 is 0 Å². The highest BCUT2D eigenvalue weighted by atomic mass is 35.7. The van der Waals surface area contributed by atoms with Gasteiger partial charge < -0.3 is 0 Å². The number of rotatable bonds is 5. The van der Waals surface area contributed by atoms with E-state index in [9.17, 15) is 34.8 Å². The molecule has 4 aromatic carbocycles. The Morgan fingerprint density at radius 2 is 1.17 bits per heavy atom. The highest BCUT2D eigenvalue weighted by Crippen LogP contribution is 2.36. The van der Waals surface area contributed by atoms with Crippen LogP contribution in [0.15, 0.2) is 120 Å². The second kappa shape index (κ2) is 13.3. The van der Waals surface area contributed by atoms with Gasteiger partial charge in [0.15, 0.2) is 5.69 Å². The summed E-state index contributed by atoms with van der Waals surface area (Å²) in [5, 5.41) is 7.80. The minimum atomic E-state index is -4.64. The van der Waals surface area contributed by atoms with E-state index in [0.717, 1.165) is 27.1 Å². The van der Waals surface area contributed by atoms with Crippen molar-refractivity contribution in [3.8, 4) is 33.9 Å². The lowest BCUT2D eigenvalue weighted by atomic mass is 10.1. The van der Waals surface area contributed by atoms with Gasteiger partial charge in [-0.25, -0.2) is 17.8 Å². The molecule has 0 bridgehead atoms. The molecule has 6 rings (SSSR count). The molecule has 2 aromatic heterocycles. The monoisotopic (exact) mass is 702 g/mol. The molecule has 0 amide bonds. The number of benzene rings is 4. The number of alkyl halides is 6. The normalized spacial score (nSPS) is 12.0. The Labute approximate surface area is 276 Å². The summed E-state index contributed by atoms with van der Waals surface area (Å²) in [7, 11) is 1.38. The van der Waals surface area contributed by atoms with E-state index in [1.165, 1.54) is 18.2 Å². The maximum Gasteiger partial charge on any atom is 0.435 e. The minimum absolute atomic E-state index is 0.102.